The zero-order valence-corrected chi connectivity index (χ0v) is 17.9. The second kappa shape index (κ2) is 9.47. The summed E-state index contributed by atoms with van der Waals surface area (Å²) in [5.74, 6) is 0.968. The van der Waals surface area contributed by atoms with Gasteiger partial charge in [-0.15, -0.1) is 6.42 Å². The molecule has 1 N–H and O–H groups in total. The lowest BCUT2D eigenvalue weighted by Gasteiger charge is -2.35. The largest absolute Gasteiger partial charge is 0.335 e. The minimum atomic E-state index is -3.82. The third-order valence-electron chi connectivity index (χ3n) is 4.77. The zero-order chi connectivity index (χ0) is 22.6. The van der Waals surface area contributed by atoms with Gasteiger partial charge in [0.2, 0.25) is 10.0 Å². The molecule has 10 heteroatoms. The van der Waals surface area contributed by atoms with E-state index >= 15 is 0 Å². The van der Waals surface area contributed by atoms with Gasteiger partial charge in [-0.2, -0.15) is 4.72 Å². The predicted molar refractivity (Wildman–Crippen MR) is 114 cm³/mol. The van der Waals surface area contributed by atoms with Crippen LogP contribution in [-0.4, -0.2) is 62.8 Å². The summed E-state index contributed by atoms with van der Waals surface area (Å²) in [6.45, 7) is 0.889. The van der Waals surface area contributed by atoms with Crippen molar-refractivity contribution in [3.63, 3.8) is 0 Å². The Morgan fingerprint density at radius 1 is 1.06 bits per heavy atom. The highest BCUT2D eigenvalue weighted by Gasteiger charge is 2.27. The molecular formula is C21H19ClFN3O4S. The summed E-state index contributed by atoms with van der Waals surface area (Å²) >= 11 is 5.97. The van der Waals surface area contributed by atoms with Gasteiger partial charge >= 0.3 is 0 Å². The number of benzene rings is 2. The first-order chi connectivity index (χ1) is 14.7. The molecule has 2 amide bonds. The molecule has 0 radical (unpaired) electrons. The number of nitrogens with zero attached hydrogens (tertiary/aromatic N) is 2. The highest BCUT2D eigenvalue weighted by molar-refractivity contribution is 7.89. The second-order valence-corrected chi connectivity index (χ2v) is 8.94. The van der Waals surface area contributed by atoms with Crippen LogP contribution in [0.1, 0.15) is 20.7 Å². The van der Waals surface area contributed by atoms with Gasteiger partial charge in [-0.05, 0) is 36.4 Å². The molecule has 162 valence electrons. The number of rotatable bonds is 5. The van der Waals surface area contributed by atoms with E-state index in [9.17, 15) is 22.4 Å². The Bertz CT molecular complexity index is 1160. The molecule has 7 nitrogen and oxygen atoms in total. The van der Waals surface area contributed by atoms with Gasteiger partial charge in [0.15, 0.2) is 0 Å². The van der Waals surface area contributed by atoms with E-state index in [-0.39, 0.29) is 65.6 Å². The summed E-state index contributed by atoms with van der Waals surface area (Å²) in [7, 11) is -3.82. The van der Waals surface area contributed by atoms with E-state index in [0.29, 0.717) is 0 Å². The lowest BCUT2D eigenvalue weighted by Crippen LogP contribution is -2.50. The highest BCUT2D eigenvalue weighted by atomic mass is 35.5. The van der Waals surface area contributed by atoms with Crippen molar-refractivity contribution in [3.05, 3.63) is 64.4 Å². The Morgan fingerprint density at radius 2 is 1.71 bits per heavy atom. The maximum atomic E-state index is 13.2. The van der Waals surface area contributed by atoms with E-state index in [4.69, 9.17) is 18.0 Å². The standard InChI is InChI=1S/C21H19ClFN3O4S/c1-2-8-24-31(29,30)17-5-3-4-15(13-17)20(27)25-9-11-26(12-10-25)21(28)18-7-6-16(23)14-19(18)22/h1,3-7,13-14,24H,8-12H2. The molecular weight excluding hydrogens is 445 g/mol. The molecule has 1 aliphatic rings. The molecule has 0 aliphatic carbocycles. The fraction of sp³-hybridized carbons (Fsp3) is 0.238. The van der Waals surface area contributed by atoms with Crippen LogP contribution in [0.4, 0.5) is 4.39 Å². The van der Waals surface area contributed by atoms with Crippen LogP contribution in [0.3, 0.4) is 0 Å². The van der Waals surface area contributed by atoms with Crippen molar-refractivity contribution < 1.29 is 22.4 Å². The fourth-order valence-corrected chi connectivity index (χ4v) is 4.37. The molecule has 0 unspecified atom stereocenters. The molecule has 2 aromatic rings. The van der Waals surface area contributed by atoms with Gasteiger partial charge in [0.05, 0.1) is 22.0 Å². The molecule has 0 spiro atoms. The third kappa shape index (κ3) is 5.22. The lowest BCUT2D eigenvalue weighted by atomic mass is 10.1. The molecule has 2 aromatic carbocycles. The summed E-state index contributed by atoms with van der Waals surface area (Å²) in [6.07, 6.45) is 5.08. The first-order valence-electron chi connectivity index (χ1n) is 9.30. The highest BCUT2D eigenvalue weighted by Crippen LogP contribution is 2.20. The first kappa shape index (κ1) is 22.7. The van der Waals surface area contributed by atoms with Crippen LogP contribution in [0.15, 0.2) is 47.4 Å². The van der Waals surface area contributed by atoms with Gasteiger partial charge in [0, 0.05) is 31.7 Å². The minimum Gasteiger partial charge on any atom is -0.335 e. The van der Waals surface area contributed by atoms with Crippen LogP contribution < -0.4 is 4.72 Å². The number of carbonyl (C=O) groups is 2. The quantitative estimate of drug-likeness (QED) is 0.687. The smallest absolute Gasteiger partial charge is 0.255 e. The molecule has 1 saturated heterocycles. The maximum Gasteiger partial charge on any atom is 0.255 e. The molecule has 3 rings (SSSR count). The van der Waals surface area contributed by atoms with E-state index in [1.165, 1.54) is 46.2 Å². The van der Waals surface area contributed by atoms with E-state index in [2.05, 4.69) is 10.6 Å². The van der Waals surface area contributed by atoms with Crippen molar-refractivity contribution >= 4 is 33.4 Å². The summed E-state index contributed by atoms with van der Waals surface area (Å²) in [6, 6.07) is 9.24. The van der Waals surface area contributed by atoms with E-state index in [1.807, 2.05) is 0 Å². The zero-order valence-electron chi connectivity index (χ0n) is 16.3. The van der Waals surface area contributed by atoms with Crippen molar-refractivity contribution in [2.75, 3.05) is 32.7 Å². The maximum absolute atomic E-state index is 13.2. The fourth-order valence-electron chi connectivity index (χ4n) is 3.14. The Kier molecular flexibility index (Phi) is 6.95. The SMILES string of the molecule is C#CCNS(=O)(=O)c1cccc(C(=O)N2CCN(C(=O)c3ccc(F)cc3Cl)CC2)c1. The lowest BCUT2D eigenvalue weighted by molar-refractivity contribution is 0.0535. The monoisotopic (exact) mass is 463 g/mol. The number of amides is 2. The van der Waals surface area contributed by atoms with Gasteiger partial charge in [0.25, 0.3) is 11.8 Å². The van der Waals surface area contributed by atoms with Crippen LogP contribution in [0, 0.1) is 18.2 Å². The molecule has 31 heavy (non-hydrogen) atoms. The van der Waals surface area contributed by atoms with Crippen LogP contribution in [-0.2, 0) is 10.0 Å². The molecule has 0 bridgehead atoms. The Hall–Kier alpha value is -2.93. The van der Waals surface area contributed by atoms with Gasteiger partial charge in [-0.3, -0.25) is 9.59 Å². The van der Waals surface area contributed by atoms with Crippen LogP contribution in [0.2, 0.25) is 5.02 Å². The molecule has 0 atom stereocenters. The van der Waals surface area contributed by atoms with Gasteiger partial charge in [-0.25, -0.2) is 12.8 Å². The van der Waals surface area contributed by atoms with Crippen molar-refractivity contribution in [1.82, 2.24) is 14.5 Å². The van der Waals surface area contributed by atoms with Crippen molar-refractivity contribution in [2.24, 2.45) is 0 Å². The first-order valence-corrected chi connectivity index (χ1v) is 11.2. The van der Waals surface area contributed by atoms with Gasteiger partial charge in [0.1, 0.15) is 5.82 Å². The van der Waals surface area contributed by atoms with Crippen LogP contribution >= 0.6 is 11.6 Å². The van der Waals surface area contributed by atoms with E-state index in [0.717, 1.165) is 6.07 Å². The number of sulfonamides is 1. The number of hydrogen-bond donors (Lipinski definition) is 1. The van der Waals surface area contributed by atoms with Crippen molar-refractivity contribution in [1.29, 1.82) is 0 Å². The normalized spacial score (nSPS) is 14.2. The summed E-state index contributed by atoms with van der Waals surface area (Å²) < 4.78 is 39.9. The van der Waals surface area contributed by atoms with Gasteiger partial charge < -0.3 is 9.80 Å². The Balaban J connectivity index is 1.67. The third-order valence-corrected chi connectivity index (χ3v) is 6.48. The van der Waals surface area contributed by atoms with E-state index in [1.54, 1.807) is 0 Å². The number of hydrogen-bond acceptors (Lipinski definition) is 4. The summed E-state index contributed by atoms with van der Waals surface area (Å²) in [5, 5.41) is 0.0278. The number of halogens is 2. The number of terminal acetylenes is 1. The molecule has 1 fully saturated rings. The van der Waals surface area contributed by atoms with Crippen LogP contribution in [0.25, 0.3) is 0 Å². The predicted octanol–water partition coefficient (Wildman–Crippen LogP) is 1.99. The van der Waals surface area contributed by atoms with Crippen molar-refractivity contribution in [2.45, 2.75) is 4.90 Å². The topological polar surface area (TPSA) is 86.8 Å². The van der Waals surface area contributed by atoms with Crippen molar-refractivity contribution in [3.8, 4) is 12.3 Å². The molecule has 1 heterocycles. The summed E-state index contributed by atoms with van der Waals surface area (Å²) in [5.41, 5.74) is 0.408. The Morgan fingerprint density at radius 3 is 2.32 bits per heavy atom. The van der Waals surface area contributed by atoms with Gasteiger partial charge in [-0.1, -0.05) is 23.6 Å². The minimum absolute atomic E-state index is 0.0278. The average molecular weight is 464 g/mol. The Labute approximate surface area is 184 Å². The summed E-state index contributed by atoms with van der Waals surface area (Å²) in [4.78, 5) is 28.5. The van der Waals surface area contributed by atoms with Crippen LogP contribution in [0.5, 0.6) is 0 Å². The average Bonchev–Trinajstić information content (AvgIpc) is 2.77. The number of nitrogens with one attached hydrogen (secondary N) is 1. The second-order valence-electron chi connectivity index (χ2n) is 6.77. The number of carbonyl (C=O) groups excluding carboxylic acids is 2. The molecule has 0 aromatic heterocycles. The van der Waals surface area contributed by atoms with E-state index < -0.39 is 15.8 Å². The molecule has 1 aliphatic heterocycles. The number of piperazine rings is 1. The molecule has 0 saturated carbocycles.